The van der Waals surface area contributed by atoms with E-state index in [4.69, 9.17) is 23.2 Å². The van der Waals surface area contributed by atoms with Crippen LogP contribution >= 0.6 is 23.2 Å². The molecule has 1 heterocycles. The van der Waals surface area contributed by atoms with Gasteiger partial charge in [0.1, 0.15) is 5.02 Å². The Hall–Kier alpha value is -2.38. The van der Waals surface area contributed by atoms with Gasteiger partial charge in [-0.15, -0.1) is 0 Å². The fourth-order valence-corrected chi connectivity index (χ4v) is 2.09. The summed E-state index contributed by atoms with van der Waals surface area (Å²) in [4.78, 5) is 30.9. The van der Waals surface area contributed by atoms with Crippen molar-refractivity contribution in [1.82, 2.24) is 15.3 Å². The summed E-state index contributed by atoms with van der Waals surface area (Å²) in [7, 11) is 1.52. The Bertz CT molecular complexity index is 767. The lowest BCUT2D eigenvalue weighted by molar-refractivity contribution is -0.114. The molecule has 1 aromatic heterocycles. The second-order valence-electron chi connectivity index (χ2n) is 4.48. The predicted molar refractivity (Wildman–Crippen MR) is 89.5 cm³/mol. The van der Waals surface area contributed by atoms with Gasteiger partial charge in [0, 0.05) is 19.7 Å². The number of hydrogen-bond acceptors (Lipinski definition) is 5. The van der Waals surface area contributed by atoms with E-state index < -0.39 is 0 Å². The van der Waals surface area contributed by atoms with E-state index in [1.54, 1.807) is 18.2 Å². The number of anilines is 3. The van der Waals surface area contributed by atoms with Crippen LogP contribution in [0.5, 0.6) is 0 Å². The van der Waals surface area contributed by atoms with Crippen molar-refractivity contribution in [1.29, 1.82) is 0 Å². The van der Waals surface area contributed by atoms with Gasteiger partial charge in [0.25, 0.3) is 5.91 Å². The number of carbonyl (C=O) groups excluding carboxylic acids is 2. The second-order valence-corrected chi connectivity index (χ2v) is 5.23. The van der Waals surface area contributed by atoms with Gasteiger partial charge >= 0.3 is 0 Å². The highest BCUT2D eigenvalue weighted by Crippen LogP contribution is 2.28. The number of aromatic nitrogens is 2. The van der Waals surface area contributed by atoms with Crippen LogP contribution in [0.3, 0.4) is 0 Å². The standard InChI is InChI=1S/C14H13Cl2N5O2/c1-7(22)19-8-3-4-9(13(23)17-2)11(5-8)20-12-10(15)6-18-14(16)21-12/h3-6H,1-2H3,(H,17,23)(H,19,22)(H,18,20,21). The van der Waals surface area contributed by atoms with Crippen LogP contribution in [0.1, 0.15) is 17.3 Å². The van der Waals surface area contributed by atoms with Gasteiger partial charge in [-0.2, -0.15) is 4.98 Å². The number of hydrogen-bond donors (Lipinski definition) is 3. The Morgan fingerprint density at radius 3 is 2.61 bits per heavy atom. The minimum Gasteiger partial charge on any atom is -0.355 e. The molecule has 120 valence electrons. The molecule has 0 aliphatic carbocycles. The second kappa shape index (κ2) is 7.26. The third kappa shape index (κ3) is 4.30. The summed E-state index contributed by atoms with van der Waals surface area (Å²) < 4.78 is 0. The molecule has 23 heavy (non-hydrogen) atoms. The summed E-state index contributed by atoms with van der Waals surface area (Å²) in [6.07, 6.45) is 1.34. The van der Waals surface area contributed by atoms with Gasteiger partial charge in [-0.1, -0.05) is 11.6 Å². The van der Waals surface area contributed by atoms with Crippen molar-refractivity contribution >= 4 is 52.2 Å². The van der Waals surface area contributed by atoms with E-state index in [1.807, 2.05) is 0 Å². The molecule has 0 bridgehead atoms. The predicted octanol–water partition coefficient (Wildman–Crippen LogP) is 2.85. The third-order valence-corrected chi connectivity index (χ3v) is 3.24. The van der Waals surface area contributed by atoms with Crippen molar-refractivity contribution in [2.45, 2.75) is 6.92 Å². The molecule has 0 saturated heterocycles. The summed E-state index contributed by atoms with van der Waals surface area (Å²) >= 11 is 11.8. The summed E-state index contributed by atoms with van der Waals surface area (Å²) in [6, 6.07) is 4.78. The van der Waals surface area contributed by atoms with Crippen LogP contribution in [-0.4, -0.2) is 28.8 Å². The van der Waals surface area contributed by atoms with Gasteiger partial charge in [-0.05, 0) is 29.8 Å². The van der Waals surface area contributed by atoms with E-state index in [2.05, 4.69) is 25.9 Å². The molecule has 0 aliphatic rings. The maximum Gasteiger partial charge on any atom is 0.253 e. The van der Waals surface area contributed by atoms with E-state index in [-0.39, 0.29) is 27.9 Å². The van der Waals surface area contributed by atoms with Gasteiger partial charge in [0.15, 0.2) is 5.82 Å². The topological polar surface area (TPSA) is 96.0 Å². The molecule has 9 heteroatoms. The van der Waals surface area contributed by atoms with Crippen molar-refractivity contribution in [3.05, 3.63) is 40.3 Å². The first-order valence-corrected chi connectivity index (χ1v) is 7.25. The first-order valence-electron chi connectivity index (χ1n) is 6.49. The SMILES string of the molecule is CNC(=O)c1ccc(NC(C)=O)cc1Nc1nc(Cl)ncc1Cl. The summed E-state index contributed by atoms with van der Waals surface area (Å²) in [5.74, 6) is -0.290. The normalized spacial score (nSPS) is 10.1. The largest absolute Gasteiger partial charge is 0.355 e. The molecule has 0 unspecified atom stereocenters. The number of rotatable bonds is 4. The Kier molecular flexibility index (Phi) is 5.36. The van der Waals surface area contributed by atoms with Crippen LogP contribution < -0.4 is 16.0 Å². The molecule has 2 aromatic rings. The zero-order chi connectivity index (χ0) is 17.0. The molecule has 2 amide bonds. The van der Waals surface area contributed by atoms with Gasteiger partial charge in [-0.3, -0.25) is 9.59 Å². The van der Waals surface area contributed by atoms with Crippen LogP contribution in [0.2, 0.25) is 10.3 Å². The monoisotopic (exact) mass is 353 g/mol. The Morgan fingerprint density at radius 1 is 1.22 bits per heavy atom. The van der Waals surface area contributed by atoms with Crippen molar-refractivity contribution in [3.63, 3.8) is 0 Å². The smallest absolute Gasteiger partial charge is 0.253 e. The average Bonchev–Trinajstić information content (AvgIpc) is 2.50. The number of halogens is 2. The lowest BCUT2D eigenvalue weighted by atomic mass is 10.1. The van der Waals surface area contributed by atoms with Gasteiger partial charge in [0.05, 0.1) is 17.4 Å². The van der Waals surface area contributed by atoms with Gasteiger partial charge < -0.3 is 16.0 Å². The van der Waals surface area contributed by atoms with E-state index in [0.29, 0.717) is 16.9 Å². The molecule has 3 N–H and O–H groups in total. The zero-order valence-electron chi connectivity index (χ0n) is 12.3. The van der Waals surface area contributed by atoms with E-state index in [0.717, 1.165) is 0 Å². The molecule has 2 rings (SSSR count). The number of benzene rings is 1. The minimum atomic E-state index is -0.307. The first-order chi connectivity index (χ1) is 10.9. The Morgan fingerprint density at radius 2 is 1.96 bits per heavy atom. The highest BCUT2D eigenvalue weighted by molar-refractivity contribution is 6.33. The van der Waals surface area contributed by atoms with E-state index in [1.165, 1.54) is 20.2 Å². The summed E-state index contributed by atoms with van der Waals surface area (Å²) in [6.45, 7) is 1.39. The molecule has 0 saturated carbocycles. The Balaban J connectivity index is 2.45. The molecular formula is C14H13Cl2N5O2. The highest BCUT2D eigenvalue weighted by atomic mass is 35.5. The van der Waals surface area contributed by atoms with Crippen molar-refractivity contribution in [2.75, 3.05) is 17.7 Å². The average molecular weight is 354 g/mol. The maximum absolute atomic E-state index is 12.0. The highest BCUT2D eigenvalue weighted by Gasteiger charge is 2.14. The lowest BCUT2D eigenvalue weighted by Gasteiger charge is -2.13. The quantitative estimate of drug-likeness (QED) is 0.734. The summed E-state index contributed by atoms with van der Waals surface area (Å²) in [5.41, 5.74) is 1.28. The van der Waals surface area contributed by atoms with Crippen LogP contribution in [-0.2, 0) is 4.79 Å². The van der Waals surface area contributed by atoms with Gasteiger partial charge in [-0.25, -0.2) is 4.98 Å². The van der Waals surface area contributed by atoms with Gasteiger partial charge in [0.2, 0.25) is 11.2 Å². The molecule has 0 fully saturated rings. The number of nitrogens with one attached hydrogen (secondary N) is 3. The van der Waals surface area contributed by atoms with E-state index >= 15 is 0 Å². The molecular weight excluding hydrogens is 341 g/mol. The first kappa shape index (κ1) is 17.0. The molecule has 0 atom stereocenters. The zero-order valence-corrected chi connectivity index (χ0v) is 13.8. The van der Waals surface area contributed by atoms with Crippen LogP contribution in [0, 0.1) is 0 Å². The summed E-state index contributed by atoms with van der Waals surface area (Å²) in [5, 5.41) is 8.35. The third-order valence-electron chi connectivity index (χ3n) is 2.78. The van der Waals surface area contributed by atoms with Crippen molar-refractivity contribution in [2.24, 2.45) is 0 Å². The molecule has 7 nitrogen and oxygen atoms in total. The van der Waals surface area contributed by atoms with Crippen LogP contribution in [0.4, 0.5) is 17.2 Å². The fourth-order valence-electron chi connectivity index (χ4n) is 1.82. The van der Waals surface area contributed by atoms with Crippen LogP contribution in [0.15, 0.2) is 24.4 Å². The number of nitrogens with zero attached hydrogens (tertiary/aromatic N) is 2. The molecule has 1 aromatic carbocycles. The number of carbonyl (C=O) groups is 2. The van der Waals surface area contributed by atoms with Crippen molar-refractivity contribution < 1.29 is 9.59 Å². The fraction of sp³-hybridized carbons (Fsp3) is 0.143. The van der Waals surface area contributed by atoms with Crippen molar-refractivity contribution in [3.8, 4) is 0 Å². The lowest BCUT2D eigenvalue weighted by Crippen LogP contribution is -2.19. The molecule has 0 aliphatic heterocycles. The van der Waals surface area contributed by atoms with E-state index in [9.17, 15) is 9.59 Å². The maximum atomic E-state index is 12.0. The molecule has 0 radical (unpaired) electrons. The Labute approximate surface area is 142 Å². The van der Waals surface area contributed by atoms with Crippen LogP contribution in [0.25, 0.3) is 0 Å². The minimum absolute atomic E-state index is 0.0106. The number of amides is 2. The molecule has 0 spiro atoms.